The van der Waals surface area contributed by atoms with Crippen LogP contribution in [0.3, 0.4) is 0 Å². The second-order valence-corrected chi connectivity index (χ2v) is 8.73. The van der Waals surface area contributed by atoms with Gasteiger partial charge in [-0.2, -0.15) is 5.10 Å². The molecule has 1 aromatic heterocycles. The van der Waals surface area contributed by atoms with Crippen molar-refractivity contribution in [3.63, 3.8) is 0 Å². The van der Waals surface area contributed by atoms with Crippen LogP contribution in [0.25, 0.3) is 11.1 Å². The number of ether oxygens (including phenoxy) is 1. The summed E-state index contributed by atoms with van der Waals surface area (Å²) < 4.78 is 37.7. The molecule has 0 fully saturated rings. The van der Waals surface area contributed by atoms with Gasteiger partial charge in [-0.05, 0) is 29.8 Å². The molecule has 0 radical (unpaired) electrons. The van der Waals surface area contributed by atoms with Crippen LogP contribution in [0.15, 0.2) is 66.9 Å². The average molecular weight is 495 g/mol. The molecule has 5 rings (SSSR count). The highest BCUT2D eigenvalue weighted by molar-refractivity contribution is 6.34. The van der Waals surface area contributed by atoms with Crippen LogP contribution in [0.4, 0.5) is 14.6 Å². The normalized spacial score (nSPS) is 16.6. The number of amides is 1. The molecule has 1 aliphatic rings. The summed E-state index contributed by atoms with van der Waals surface area (Å²) >= 11 is 6.57. The summed E-state index contributed by atoms with van der Waals surface area (Å²) in [6.45, 7) is 0.141. The van der Waals surface area contributed by atoms with Gasteiger partial charge in [-0.15, -0.1) is 0 Å². The summed E-state index contributed by atoms with van der Waals surface area (Å²) in [4.78, 5) is 13.2. The van der Waals surface area contributed by atoms with Gasteiger partial charge in [-0.3, -0.25) is 9.48 Å². The molecule has 6 nitrogen and oxygen atoms in total. The Hall–Kier alpha value is -3.75. The van der Waals surface area contributed by atoms with Crippen LogP contribution < -0.4 is 15.8 Å². The molecule has 0 saturated heterocycles. The van der Waals surface area contributed by atoms with Crippen molar-refractivity contribution >= 4 is 23.3 Å². The highest BCUT2D eigenvalue weighted by atomic mass is 35.5. The molecule has 0 spiro atoms. The lowest BCUT2D eigenvalue weighted by Crippen LogP contribution is -2.39. The minimum Gasteiger partial charge on any atom is -0.481 e. The number of anilines is 1. The van der Waals surface area contributed by atoms with Gasteiger partial charge in [0.15, 0.2) is 17.2 Å². The third-order valence-corrected chi connectivity index (χ3v) is 6.58. The van der Waals surface area contributed by atoms with Crippen LogP contribution in [-0.2, 0) is 19.1 Å². The molecule has 3 N–H and O–H groups in total. The Bertz CT molecular complexity index is 1440. The summed E-state index contributed by atoms with van der Waals surface area (Å²) in [5, 5.41) is 6.85. The molecular formula is C26H21ClF2N4O2. The number of halogens is 3. The number of aryl methyl sites for hydroxylation is 1. The van der Waals surface area contributed by atoms with E-state index >= 15 is 4.39 Å². The van der Waals surface area contributed by atoms with E-state index in [2.05, 4.69) is 10.4 Å². The van der Waals surface area contributed by atoms with Crippen LogP contribution in [0.2, 0.25) is 5.02 Å². The first kappa shape index (κ1) is 23.0. The molecule has 35 heavy (non-hydrogen) atoms. The van der Waals surface area contributed by atoms with Crippen LogP contribution in [0.1, 0.15) is 21.5 Å². The van der Waals surface area contributed by atoms with E-state index in [9.17, 15) is 9.18 Å². The molecular weight excluding hydrogens is 474 g/mol. The zero-order valence-electron chi connectivity index (χ0n) is 18.7. The molecule has 4 aromatic rings. The first-order chi connectivity index (χ1) is 16.8. The van der Waals surface area contributed by atoms with Crippen LogP contribution in [0, 0.1) is 11.6 Å². The SMILES string of the molecule is Cn1nccc1NC(=O)c1ccc(F)c(F)c1-c1c(Cl)ccc2c1CC(CN)(c1ccccc1)O2. The van der Waals surface area contributed by atoms with Gasteiger partial charge in [-0.25, -0.2) is 8.78 Å². The monoisotopic (exact) mass is 494 g/mol. The number of fused-ring (bicyclic) bond motifs is 1. The molecule has 1 atom stereocenters. The molecule has 9 heteroatoms. The fraction of sp³-hybridized carbons (Fsp3) is 0.154. The molecule has 1 unspecified atom stereocenters. The summed E-state index contributed by atoms with van der Waals surface area (Å²) in [6.07, 6.45) is 1.77. The van der Waals surface area contributed by atoms with E-state index < -0.39 is 23.1 Å². The Kier molecular flexibility index (Phi) is 5.78. The lowest BCUT2D eigenvalue weighted by Gasteiger charge is -2.27. The van der Waals surface area contributed by atoms with Crippen molar-refractivity contribution < 1.29 is 18.3 Å². The topological polar surface area (TPSA) is 82.2 Å². The van der Waals surface area contributed by atoms with Crippen LogP contribution >= 0.6 is 11.6 Å². The van der Waals surface area contributed by atoms with E-state index in [0.29, 0.717) is 17.1 Å². The molecule has 1 amide bonds. The highest BCUT2D eigenvalue weighted by Crippen LogP contribution is 2.49. The summed E-state index contributed by atoms with van der Waals surface area (Å²) in [6, 6.07) is 16.4. The van der Waals surface area contributed by atoms with Crippen molar-refractivity contribution in [2.75, 3.05) is 11.9 Å². The Morgan fingerprint density at radius 2 is 1.91 bits per heavy atom. The van der Waals surface area contributed by atoms with E-state index in [1.54, 1.807) is 25.2 Å². The first-order valence-corrected chi connectivity index (χ1v) is 11.3. The Morgan fingerprint density at radius 1 is 1.14 bits per heavy atom. The fourth-order valence-electron chi connectivity index (χ4n) is 4.47. The minimum absolute atomic E-state index is 0.0784. The number of nitrogens with one attached hydrogen (secondary N) is 1. The van der Waals surface area contributed by atoms with Crippen molar-refractivity contribution in [1.82, 2.24) is 9.78 Å². The van der Waals surface area contributed by atoms with Gasteiger partial charge >= 0.3 is 0 Å². The van der Waals surface area contributed by atoms with Gasteiger partial charge in [0, 0.05) is 47.8 Å². The largest absolute Gasteiger partial charge is 0.481 e. The van der Waals surface area contributed by atoms with E-state index in [1.807, 2.05) is 30.3 Å². The maximum atomic E-state index is 15.4. The van der Waals surface area contributed by atoms with E-state index in [1.165, 1.54) is 16.9 Å². The van der Waals surface area contributed by atoms with Crippen molar-refractivity contribution in [2.45, 2.75) is 12.0 Å². The number of benzene rings is 3. The first-order valence-electron chi connectivity index (χ1n) is 10.9. The Labute approximate surface area is 205 Å². The Morgan fingerprint density at radius 3 is 2.60 bits per heavy atom. The predicted octanol–water partition coefficient (Wildman–Crippen LogP) is 5.06. The molecule has 0 bridgehead atoms. The maximum Gasteiger partial charge on any atom is 0.257 e. The van der Waals surface area contributed by atoms with E-state index in [-0.39, 0.29) is 34.7 Å². The number of nitrogens with zero attached hydrogens (tertiary/aromatic N) is 2. The number of carbonyl (C=O) groups is 1. The number of rotatable bonds is 5. The number of hydrogen-bond donors (Lipinski definition) is 2. The Balaban J connectivity index is 1.66. The molecule has 0 aliphatic carbocycles. The van der Waals surface area contributed by atoms with Gasteiger partial charge in [0.2, 0.25) is 0 Å². The lowest BCUT2D eigenvalue weighted by atomic mass is 9.85. The van der Waals surface area contributed by atoms with Gasteiger partial charge in [-0.1, -0.05) is 41.9 Å². The second kappa shape index (κ2) is 8.79. The smallest absolute Gasteiger partial charge is 0.257 e. The van der Waals surface area contributed by atoms with E-state index in [0.717, 1.165) is 11.6 Å². The van der Waals surface area contributed by atoms with Gasteiger partial charge < -0.3 is 15.8 Å². The number of carbonyl (C=O) groups excluding carboxylic acids is 1. The zero-order valence-corrected chi connectivity index (χ0v) is 19.4. The predicted molar refractivity (Wildman–Crippen MR) is 129 cm³/mol. The van der Waals surface area contributed by atoms with Crippen molar-refractivity contribution in [3.8, 4) is 16.9 Å². The second-order valence-electron chi connectivity index (χ2n) is 8.32. The van der Waals surface area contributed by atoms with Crippen LogP contribution in [0.5, 0.6) is 5.75 Å². The number of nitrogens with two attached hydrogens (primary N) is 1. The molecule has 3 aromatic carbocycles. The molecule has 2 heterocycles. The van der Waals surface area contributed by atoms with E-state index in [4.69, 9.17) is 22.1 Å². The van der Waals surface area contributed by atoms with Gasteiger partial charge in [0.1, 0.15) is 11.6 Å². The van der Waals surface area contributed by atoms with Gasteiger partial charge in [0.05, 0.1) is 11.8 Å². The maximum absolute atomic E-state index is 15.4. The standard InChI is InChI=1S/C26H21ClF2N4O2/c1-33-21(11-12-31-33)32-25(34)16-7-9-19(28)24(29)23(16)22-17-13-26(14-30,15-5-3-2-4-6-15)35-20(17)10-8-18(22)27/h2-12H,13-14,30H2,1H3,(H,32,34). The van der Waals surface area contributed by atoms with Crippen molar-refractivity contribution in [2.24, 2.45) is 12.8 Å². The summed E-state index contributed by atoms with van der Waals surface area (Å²) in [5.74, 6) is -2.08. The van der Waals surface area contributed by atoms with Crippen molar-refractivity contribution in [3.05, 3.63) is 100 Å². The number of hydrogen-bond acceptors (Lipinski definition) is 4. The zero-order chi connectivity index (χ0) is 24.7. The molecule has 0 saturated carbocycles. The van der Waals surface area contributed by atoms with Gasteiger partial charge in [0.25, 0.3) is 5.91 Å². The van der Waals surface area contributed by atoms with Crippen molar-refractivity contribution in [1.29, 1.82) is 0 Å². The summed E-state index contributed by atoms with van der Waals surface area (Å²) in [5.41, 5.74) is 6.52. The quantitative estimate of drug-likeness (QED) is 0.406. The number of aromatic nitrogens is 2. The highest BCUT2D eigenvalue weighted by Gasteiger charge is 2.42. The third-order valence-electron chi connectivity index (χ3n) is 6.27. The third kappa shape index (κ3) is 3.84. The fourth-order valence-corrected chi connectivity index (χ4v) is 4.74. The minimum atomic E-state index is -1.18. The molecule has 178 valence electrons. The lowest BCUT2D eigenvalue weighted by molar-refractivity contribution is 0.102. The average Bonchev–Trinajstić information content (AvgIpc) is 3.45. The van der Waals surface area contributed by atoms with Crippen LogP contribution in [-0.4, -0.2) is 22.2 Å². The summed E-state index contributed by atoms with van der Waals surface area (Å²) in [7, 11) is 1.65. The molecule has 1 aliphatic heterocycles.